The number of benzene rings is 1. The Balaban J connectivity index is 1.79. The Morgan fingerprint density at radius 1 is 1.26 bits per heavy atom. The molecule has 0 N–H and O–H groups in total. The molecule has 0 radical (unpaired) electrons. The van der Waals surface area contributed by atoms with Gasteiger partial charge in [0.15, 0.2) is 0 Å². The fourth-order valence-electron chi connectivity index (χ4n) is 3.81. The second kappa shape index (κ2) is 7.02. The lowest BCUT2D eigenvalue weighted by Gasteiger charge is -2.39. The standard InChI is InChI=1S/C19H27NO3/c1-15(2)23-17-8-11-20(14-17)18(21)19(9-12-22-13-10-19)16-6-4-3-5-7-16/h3-7,15,17H,8-14H2,1-2H3/t17-/m1/s1. The number of rotatable bonds is 4. The normalized spacial score (nSPS) is 24.1. The van der Waals surface area contributed by atoms with Crippen LogP contribution in [0.3, 0.4) is 0 Å². The van der Waals surface area contributed by atoms with Crippen LogP contribution in [0.4, 0.5) is 0 Å². The second-order valence-corrected chi connectivity index (χ2v) is 6.91. The van der Waals surface area contributed by atoms with Crippen molar-refractivity contribution in [2.24, 2.45) is 0 Å². The van der Waals surface area contributed by atoms with Crippen LogP contribution in [0.25, 0.3) is 0 Å². The van der Waals surface area contributed by atoms with Crippen molar-refractivity contribution in [3.63, 3.8) is 0 Å². The summed E-state index contributed by atoms with van der Waals surface area (Å²) in [7, 11) is 0. The maximum Gasteiger partial charge on any atom is 0.233 e. The molecule has 4 nitrogen and oxygen atoms in total. The summed E-state index contributed by atoms with van der Waals surface area (Å²) in [4.78, 5) is 15.4. The van der Waals surface area contributed by atoms with E-state index in [-0.39, 0.29) is 18.1 Å². The molecule has 1 aromatic rings. The van der Waals surface area contributed by atoms with Crippen LogP contribution in [-0.2, 0) is 19.7 Å². The van der Waals surface area contributed by atoms with Gasteiger partial charge in [-0.25, -0.2) is 0 Å². The lowest BCUT2D eigenvalue weighted by atomic mass is 9.73. The highest BCUT2D eigenvalue weighted by Crippen LogP contribution is 2.37. The van der Waals surface area contributed by atoms with Gasteiger partial charge in [0.2, 0.25) is 5.91 Å². The molecule has 2 heterocycles. The van der Waals surface area contributed by atoms with Crippen molar-refractivity contribution < 1.29 is 14.3 Å². The minimum absolute atomic E-state index is 0.173. The minimum atomic E-state index is -0.424. The molecule has 1 amide bonds. The molecule has 126 valence electrons. The van der Waals surface area contributed by atoms with Gasteiger partial charge in [-0.15, -0.1) is 0 Å². The van der Waals surface area contributed by atoms with Gasteiger partial charge in [-0.05, 0) is 38.7 Å². The molecule has 0 aliphatic carbocycles. The van der Waals surface area contributed by atoms with E-state index in [1.807, 2.05) is 23.1 Å². The van der Waals surface area contributed by atoms with E-state index in [1.54, 1.807) is 0 Å². The average Bonchev–Trinajstić information content (AvgIpc) is 3.03. The zero-order valence-electron chi connectivity index (χ0n) is 14.2. The lowest BCUT2D eigenvalue weighted by molar-refractivity contribution is -0.141. The quantitative estimate of drug-likeness (QED) is 0.857. The van der Waals surface area contributed by atoms with Crippen molar-refractivity contribution in [1.82, 2.24) is 4.90 Å². The van der Waals surface area contributed by atoms with Crippen LogP contribution >= 0.6 is 0 Å². The summed E-state index contributed by atoms with van der Waals surface area (Å²) in [6, 6.07) is 10.2. The summed E-state index contributed by atoms with van der Waals surface area (Å²) < 4.78 is 11.4. The minimum Gasteiger partial charge on any atom is -0.381 e. The Morgan fingerprint density at radius 3 is 2.61 bits per heavy atom. The van der Waals surface area contributed by atoms with Gasteiger partial charge in [-0.1, -0.05) is 30.3 Å². The van der Waals surface area contributed by atoms with Crippen LogP contribution in [0.15, 0.2) is 30.3 Å². The molecular weight excluding hydrogens is 290 g/mol. The first-order valence-electron chi connectivity index (χ1n) is 8.70. The Morgan fingerprint density at radius 2 is 1.96 bits per heavy atom. The molecule has 0 bridgehead atoms. The van der Waals surface area contributed by atoms with E-state index in [1.165, 1.54) is 0 Å². The summed E-state index contributed by atoms with van der Waals surface area (Å²) in [6.45, 7) is 6.92. The third-order valence-electron chi connectivity index (χ3n) is 4.98. The molecule has 1 atom stereocenters. The van der Waals surface area contributed by atoms with Crippen LogP contribution in [0.2, 0.25) is 0 Å². The van der Waals surface area contributed by atoms with E-state index in [2.05, 4.69) is 26.0 Å². The van der Waals surface area contributed by atoms with Gasteiger partial charge in [0.05, 0.1) is 17.6 Å². The molecule has 2 saturated heterocycles. The highest BCUT2D eigenvalue weighted by Gasteiger charge is 2.45. The van der Waals surface area contributed by atoms with Gasteiger partial charge in [0.25, 0.3) is 0 Å². The van der Waals surface area contributed by atoms with Crippen LogP contribution in [-0.4, -0.2) is 49.3 Å². The van der Waals surface area contributed by atoms with Crippen molar-refractivity contribution in [2.45, 2.75) is 50.7 Å². The maximum atomic E-state index is 13.4. The molecule has 1 aromatic carbocycles. The number of carbonyl (C=O) groups is 1. The lowest BCUT2D eigenvalue weighted by Crippen LogP contribution is -2.49. The monoisotopic (exact) mass is 317 g/mol. The number of hydrogen-bond acceptors (Lipinski definition) is 3. The van der Waals surface area contributed by atoms with Crippen LogP contribution in [0, 0.1) is 0 Å². The third kappa shape index (κ3) is 3.43. The smallest absolute Gasteiger partial charge is 0.233 e. The van der Waals surface area contributed by atoms with Gasteiger partial charge in [0, 0.05) is 26.3 Å². The molecule has 0 aromatic heterocycles. The molecule has 2 fully saturated rings. The van der Waals surface area contributed by atoms with Crippen LogP contribution < -0.4 is 0 Å². The van der Waals surface area contributed by atoms with Gasteiger partial charge in [-0.3, -0.25) is 4.79 Å². The number of nitrogens with zero attached hydrogens (tertiary/aromatic N) is 1. The number of amides is 1. The predicted molar refractivity (Wildman–Crippen MR) is 89.4 cm³/mol. The van der Waals surface area contributed by atoms with Gasteiger partial charge in [-0.2, -0.15) is 0 Å². The van der Waals surface area contributed by atoms with E-state index in [9.17, 15) is 4.79 Å². The van der Waals surface area contributed by atoms with E-state index < -0.39 is 5.41 Å². The number of likely N-dealkylation sites (tertiary alicyclic amines) is 1. The highest BCUT2D eigenvalue weighted by atomic mass is 16.5. The first-order chi connectivity index (χ1) is 11.1. The van der Waals surface area contributed by atoms with Crippen molar-refractivity contribution >= 4 is 5.91 Å². The molecule has 2 aliphatic rings. The van der Waals surface area contributed by atoms with E-state index >= 15 is 0 Å². The van der Waals surface area contributed by atoms with Gasteiger partial charge in [0.1, 0.15) is 0 Å². The Bertz CT molecular complexity index is 523. The molecule has 4 heteroatoms. The summed E-state index contributed by atoms with van der Waals surface area (Å²) in [6.07, 6.45) is 2.85. The molecule has 0 spiro atoms. The summed E-state index contributed by atoms with van der Waals surface area (Å²) in [5.41, 5.74) is 0.702. The summed E-state index contributed by atoms with van der Waals surface area (Å²) in [5.74, 6) is 0.252. The Kier molecular flexibility index (Phi) is 5.02. The molecule has 2 aliphatic heterocycles. The Hall–Kier alpha value is -1.39. The van der Waals surface area contributed by atoms with Crippen LogP contribution in [0.5, 0.6) is 0 Å². The van der Waals surface area contributed by atoms with Crippen LogP contribution in [0.1, 0.15) is 38.7 Å². The summed E-state index contributed by atoms with van der Waals surface area (Å²) >= 11 is 0. The molecule has 23 heavy (non-hydrogen) atoms. The largest absolute Gasteiger partial charge is 0.381 e. The fourth-order valence-corrected chi connectivity index (χ4v) is 3.81. The first kappa shape index (κ1) is 16.5. The van der Waals surface area contributed by atoms with E-state index in [0.29, 0.717) is 19.8 Å². The van der Waals surface area contributed by atoms with Crippen molar-refractivity contribution in [3.8, 4) is 0 Å². The van der Waals surface area contributed by atoms with E-state index in [4.69, 9.17) is 9.47 Å². The summed E-state index contributed by atoms with van der Waals surface area (Å²) in [5, 5.41) is 0. The average molecular weight is 317 g/mol. The zero-order valence-corrected chi connectivity index (χ0v) is 14.2. The van der Waals surface area contributed by atoms with Gasteiger partial charge < -0.3 is 14.4 Å². The van der Waals surface area contributed by atoms with Crippen molar-refractivity contribution in [1.29, 1.82) is 0 Å². The molecular formula is C19H27NO3. The van der Waals surface area contributed by atoms with Gasteiger partial charge >= 0.3 is 0 Å². The number of carbonyl (C=O) groups excluding carboxylic acids is 1. The van der Waals surface area contributed by atoms with Crippen molar-refractivity contribution in [3.05, 3.63) is 35.9 Å². The molecule has 0 saturated carbocycles. The SMILES string of the molecule is CC(C)O[C@@H]1CCN(C(=O)C2(c3ccccc3)CCOCC2)C1. The maximum absolute atomic E-state index is 13.4. The topological polar surface area (TPSA) is 38.8 Å². The third-order valence-corrected chi connectivity index (χ3v) is 4.98. The second-order valence-electron chi connectivity index (χ2n) is 6.91. The zero-order chi connectivity index (χ0) is 16.3. The Labute approximate surface area is 138 Å². The number of hydrogen-bond donors (Lipinski definition) is 0. The fraction of sp³-hybridized carbons (Fsp3) is 0.632. The predicted octanol–water partition coefficient (Wildman–Crippen LogP) is 2.76. The molecule has 0 unspecified atom stereocenters. The van der Waals surface area contributed by atoms with E-state index in [0.717, 1.165) is 31.4 Å². The first-order valence-corrected chi connectivity index (χ1v) is 8.70. The number of ether oxygens (including phenoxy) is 2. The molecule has 3 rings (SSSR count). The van der Waals surface area contributed by atoms with Crippen molar-refractivity contribution in [2.75, 3.05) is 26.3 Å². The highest BCUT2D eigenvalue weighted by molar-refractivity contribution is 5.88.